The number of nitrogens with zero attached hydrogens (tertiary/aromatic N) is 1. The molecular formula is C26H56NO3S+. The molecule has 5 heteroatoms. The fourth-order valence-electron chi connectivity index (χ4n) is 5.12. The van der Waals surface area contributed by atoms with Crippen molar-refractivity contribution in [1.29, 1.82) is 0 Å². The Morgan fingerprint density at radius 3 is 1.71 bits per heavy atom. The molecule has 1 rings (SSSR count). The molecule has 0 aromatic rings. The van der Waals surface area contributed by atoms with E-state index in [0.29, 0.717) is 6.26 Å². The van der Waals surface area contributed by atoms with Gasteiger partial charge in [0.15, 0.2) is 0 Å². The van der Waals surface area contributed by atoms with Gasteiger partial charge in [-0.25, -0.2) is 0 Å². The molecule has 2 atom stereocenters. The molecule has 188 valence electrons. The van der Waals surface area contributed by atoms with Crippen molar-refractivity contribution >= 4 is 10.1 Å². The number of hydrogen-bond acceptors (Lipinski definition) is 2. The highest BCUT2D eigenvalue weighted by molar-refractivity contribution is 7.85. The zero-order valence-corrected chi connectivity index (χ0v) is 22.4. The van der Waals surface area contributed by atoms with Crippen LogP contribution in [0.4, 0.5) is 0 Å². The van der Waals surface area contributed by atoms with Crippen LogP contribution in [-0.4, -0.2) is 49.9 Å². The average Bonchev–Trinajstić information content (AvgIpc) is 2.71. The van der Waals surface area contributed by atoms with E-state index in [4.69, 9.17) is 4.55 Å². The maximum Gasteiger partial charge on any atom is 0.261 e. The highest BCUT2D eigenvalue weighted by Gasteiger charge is 2.32. The summed E-state index contributed by atoms with van der Waals surface area (Å²) < 4.78 is 27.3. The highest BCUT2D eigenvalue weighted by atomic mass is 32.2. The minimum Gasteiger partial charge on any atom is -0.324 e. The first-order valence-corrected chi connectivity index (χ1v) is 15.4. The predicted octanol–water partition coefficient (Wildman–Crippen LogP) is 7.63. The van der Waals surface area contributed by atoms with E-state index < -0.39 is 10.1 Å². The molecule has 31 heavy (non-hydrogen) atoms. The second-order valence-electron chi connectivity index (χ2n) is 10.1. The maximum absolute atomic E-state index is 9.19. The van der Waals surface area contributed by atoms with Crippen LogP contribution in [0.2, 0.25) is 0 Å². The first kappa shape index (κ1) is 30.9. The topological polar surface area (TPSA) is 54.4 Å². The second-order valence-corrected chi connectivity index (χ2v) is 11.5. The van der Waals surface area contributed by atoms with Crippen LogP contribution < -0.4 is 0 Å². The van der Waals surface area contributed by atoms with Crippen molar-refractivity contribution < 1.29 is 17.5 Å². The number of piperidine rings is 1. The zero-order valence-electron chi connectivity index (χ0n) is 21.5. The van der Waals surface area contributed by atoms with Crippen LogP contribution in [-0.2, 0) is 10.1 Å². The molecule has 1 aliphatic heterocycles. The number of hydrogen-bond donors (Lipinski definition) is 1. The molecule has 1 aliphatic rings. The molecule has 0 aliphatic carbocycles. The summed E-state index contributed by atoms with van der Waals surface area (Å²) in [6.07, 6.45) is 25.7. The smallest absolute Gasteiger partial charge is 0.261 e. The Balaban J connectivity index is 0.00000161. The summed E-state index contributed by atoms with van der Waals surface area (Å²) in [6, 6.07) is 0. The Morgan fingerprint density at radius 1 is 0.774 bits per heavy atom. The molecule has 1 saturated heterocycles. The molecule has 0 amide bonds. The Bertz CT molecular complexity index is 487. The van der Waals surface area contributed by atoms with Crippen molar-refractivity contribution in [2.75, 3.05) is 32.4 Å². The van der Waals surface area contributed by atoms with E-state index >= 15 is 0 Å². The van der Waals surface area contributed by atoms with Crippen molar-refractivity contribution in [1.82, 2.24) is 0 Å². The standard InChI is InChI=1S/C25H52N.CH4O3S/c1-4-7-9-11-13-15-17-20-25-21-19-23-26(6-3,24-25)22-18-16-14-12-10-8-5-2;1-5(2,3)4/h25H,4-24H2,1-3H3;1H3,(H,2,3,4)/q+1;. The van der Waals surface area contributed by atoms with Gasteiger partial charge in [0.05, 0.1) is 32.4 Å². The fourth-order valence-corrected chi connectivity index (χ4v) is 5.12. The van der Waals surface area contributed by atoms with E-state index in [1.807, 2.05) is 0 Å². The van der Waals surface area contributed by atoms with Gasteiger partial charge in [-0.05, 0) is 39.0 Å². The molecule has 0 radical (unpaired) electrons. The third-order valence-corrected chi connectivity index (χ3v) is 7.01. The molecule has 2 unspecified atom stereocenters. The van der Waals surface area contributed by atoms with Crippen LogP contribution in [0.25, 0.3) is 0 Å². The molecule has 0 bridgehead atoms. The fraction of sp³-hybridized carbons (Fsp3) is 1.00. The highest BCUT2D eigenvalue weighted by Crippen LogP contribution is 2.28. The van der Waals surface area contributed by atoms with Gasteiger partial charge in [0.1, 0.15) is 0 Å². The number of quaternary nitrogens is 1. The molecule has 0 saturated carbocycles. The summed E-state index contributed by atoms with van der Waals surface area (Å²) in [5.41, 5.74) is 0. The van der Waals surface area contributed by atoms with Gasteiger partial charge in [0.25, 0.3) is 10.1 Å². The lowest BCUT2D eigenvalue weighted by Crippen LogP contribution is -2.54. The van der Waals surface area contributed by atoms with Gasteiger partial charge >= 0.3 is 0 Å². The summed E-state index contributed by atoms with van der Waals surface area (Å²) in [4.78, 5) is 0. The zero-order chi connectivity index (χ0) is 23.4. The number of rotatable bonds is 17. The quantitative estimate of drug-likeness (QED) is 0.137. The van der Waals surface area contributed by atoms with E-state index in [1.54, 1.807) is 0 Å². The minimum atomic E-state index is -3.67. The van der Waals surface area contributed by atoms with Gasteiger partial charge in [-0.1, -0.05) is 90.9 Å². The summed E-state index contributed by atoms with van der Waals surface area (Å²) >= 11 is 0. The van der Waals surface area contributed by atoms with Gasteiger partial charge in [-0.3, -0.25) is 4.55 Å². The van der Waals surface area contributed by atoms with E-state index in [9.17, 15) is 8.42 Å². The molecule has 1 heterocycles. The Hall–Kier alpha value is -0.130. The molecular weight excluding hydrogens is 406 g/mol. The van der Waals surface area contributed by atoms with Gasteiger partial charge in [-0.15, -0.1) is 0 Å². The second kappa shape index (κ2) is 19.3. The largest absolute Gasteiger partial charge is 0.324 e. The molecule has 4 nitrogen and oxygen atoms in total. The van der Waals surface area contributed by atoms with Gasteiger partial charge in [0, 0.05) is 5.92 Å². The lowest BCUT2D eigenvalue weighted by molar-refractivity contribution is -0.934. The van der Waals surface area contributed by atoms with Crippen molar-refractivity contribution in [2.24, 2.45) is 5.92 Å². The van der Waals surface area contributed by atoms with Crippen molar-refractivity contribution in [3.63, 3.8) is 0 Å². The van der Waals surface area contributed by atoms with Crippen LogP contribution in [0.15, 0.2) is 0 Å². The minimum absolute atomic E-state index is 0.715. The van der Waals surface area contributed by atoms with E-state index in [2.05, 4.69) is 20.8 Å². The van der Waals surface area contributed by atoms with Crippen molar-refractivity contribution in [3.05, 3.63) is 0 Å². The number of likely N-dealkylation sites (tertiary alicyclic amines) is 1. The first-order valence-electron chi connectivity index (χ1n) is 13.5. The molecule has 0 spiro atoms. The number of unbranched alkanes of at least 4 members (excludes halogenated alkanes) is 12. The van der Waals surface area contributed by atoms with E-state index in [1.165, 1.54) is 140 Å². The van der Waals surface area contributed by atoms with Crippen LogP contribution in [0.3, 0.4) is 0 Å². The first-order chi connectivity index (χ1) is 14.8. The van der Waals surface area contributed by atoms with Gasteiger partial charge in [0.2, 0.25) is 0 Å². The Morgan fingerprint density at radius 2 is 1.23 bits per heavy atom. The summed E-state index contributed by atoms with van der Waals surface area (Å²) in [6.45, 7) is 12.9. The van der Waals surface area contributed by atoms with Crippen LogP contribution in [0.5, 0.6) is 0 Å². The molecule has 1 N–H and O–H groups in total. The van der Waals surface area contributed by atoms with Crippen molar-refractivity contribution in [2.45, 2.75) is 130 Å². The van der Waals surface area contributed by atoms with Gasteiger partial charge in [-0.2, -0.15) is 8.42 Å². The van der Waals surface area contributed by atoms with Crippen molar-refractivity contribution in [3.8, 4) is 0 Å². The predicted molar refractivity (Wildman–Crippen MR) is 136 cm³/mol. The van der Waals surface area contributed by atoms with E-state index in [0.717, 1.165) is 5.92 Å². The normalized spacial score (nSPS) is 21.5. The Labute approximate surface area is 195 Å². The lowest BCUT2D eigenvalue weighted by Gasteiger charge is -2.44. The Kier molecular flexibility index (Phi) is 19.3. The average molecular weight is 463 g/mol. The van der Waals surface area contributed by atoms with E-state index in [-0.39, 0.29) is 0 Å². The third-order valence-electron chi connectivity index (χ3n) is 7.01. The molecule has 0 aromatic heterocycles. The third kappa shape index (κ3) is 20.2. The van der Waals surface area contributed by atoms with Crippen LogP contribution >= 0.6 is 0 Å². The molecule has 0 aromatic carbocycles. The SMILES string of the molecule is CCCCCCCCCC1CCC[N+](CC)(CCCCCCCCC)C1.CS(=O)(=O)O. The lowest BCUT2D eigenvalue weighted by atomic mass is 9.90. The summed E-state index contributed by atoms with van der Waals surface area (Å²) in [7, 11) is -3.67. The monoisotopic (exact) mass is 462 g/mol. The maximum atomic E-state index is 9.19. The van der Waals surface area contributed by atoms with Crippen LogP contribution in [0, 0.1) is 5.92 Å². The summed E-state index contributed by atoms with van der Waals surface area (Å²) in [5.74, 6) is 1.03. The van der Waals surface area contributed by atoms with Crippen LogP contribution in [0.1, 0.15) is 130 Å². The van der Waals surface area contributed by atoms with Gasteiger partial charge < -0.3 is 4.48 Å². The summed E-state index contributed by atoms with van der Waals surface area (Å²) in [5, 5.41) is 0. The molecule has 1 fully saturated rings.